The topological polar surface area (TPSA) is 47.8 Å². The van der Waals surface area contributed by atoms with Crippen LogP contribution in [0.25, 0.3) is 22.5 Å². The molecule has 0 fully saturated rings. The lowest BCUT2D eigenvalue weighted by Crippen LogP contribution is -2.08. The number of pyridine rings is 1. The molecule has 6 heteroatoms. The zero-order valence-corrected chi connectivity index (χ0v) is 14.7. The molecule has 0 aliphatic heterocycles. The molecule has 0 aliphatic rings. The Kier molecular flexibility index (Phi) is 4.59. The predicted octanol–water partition coefficient (Wildman–Crippen LogP) is 4.62. The van der Waals surface area contributed by atoms with Crippen LogP contribution in [0.2, 0.25) is 5.02 Å². The molecule has 0 saturated carbocycles. The Balaban J connectivity index is 2.23. The number of hydrogen-bond acceptors (Lipinski definition) is 3. The molecule has 0 aliphatic carbocycles. The van der Waals surface area contributed by atoms with Crippen molar-refractivity contribution in [1.82, 2.24) is 14.5 Å². The average molecular weight is 391 g/mol. The van der Waals surface area contributed by atoms with Gasteiger partial charge in [0.25, 0.3) is 0 Å². The molecule has 0 saturated heterocycles. The molecule has 4 nitrogen and oxygen atoms in total. The van der Waals surface area contributed by atoms with E-state index in [1.165, 1.54) is 0 Å². The number of ketones is 1. The zero-order chi connectivity index (χ0) is 16.4. The van der Waals surface area contributed by atoms with Crippen molar-refractivity contribution in [3.05, 3.63) is 58.5 Å². The molecular formula is C17H13BrClN3O. The first-order valence-electron chi connectivity index (χ1n) is 6.98. The van der Waals surface area contributed by atoms with Crippen LogP contribution in [-0.2, 0) is 11.3 Å². The molecule has 3 rings (SSSR count). The smallest absolute Gasteiger partial charge is 0.178 e. The van der Waals surface area contributed by atoms with Gasteiger partial charge in [-0.1, -0.05) is 23.7 Å². The van der Waals surface area contributed by atoms with Gasteiger partial charge in [0.05, 0.1) is 17.9 Å². The number of carbonyl (C=O) groups excluding carboxylic acids is 1. The van der Waals surface area contributed by atoms with Crippen molar-refractivity contribution in [1.29, 1.82) is 0 Å². The Labute approximate surface area is 147 Å². The Hall–Kier alpha value is -1.98. The van der Waals surface area contributed by atoms with Gasteiger partial charge in [0.1, 0.15) is 5.78 Å². The number of Topliss-reactive ketones (excluding diaryl/α,β-unsaturated/α-hetero) is 1. The third kappa shape index (κ3) is 3.35. The monoisotopic (exact) mass is 389 g/mol. The molecule has 0 atom stereocenters. The molecule has 3 aromatic rings. The number of halogens is 2. The summed E-state index contributed by atoms with van der Waals surface area (Å²) < 4.78 is 2.48. The van der Waals surface area contributed by atoms with Gasteiger partial charge in [-0.25, -0.2) is 4.98 Å². The summed E-state index contributed by atoms with van der Waals surface area (Å²) >= 11 is 9.44. The van der Waals surface area contributed by atoms with Crippen LogP contribution < -0.4 is 0 Å². The maximum atomic E-state index is 11.6. The first-order valence-corrected chi connectivity index (χ1v) is 8.15. The fourth-order valence-electron chi connectivity index (χ4n) is 2.40. The van der Waals surface area contributed by atoms with Gasteiger partial charge in [0, 0.05) is 28.5 Å². The van der Waals surface area contributed by atoms with Gasteiger partial charge >= 0.3 is 0 Å². The average Bonchev–Trinajstić information content (AvgIpc) is 2.85. The number of imidazole rings is 1. The molecule has 0 amide bonds. The Morgan fingerprint density at radius 2 is 1.78 bits per heavy atom. The minimum absolute atomic E-state index is 0.0565. The van der Waals surface area contributed by atoms with Crippen LogP contribution >= 0.6 is 27.5 Å². The second kappa shape index (κ2) is 6.64. The molecule has 1 aromatic carbocycles. The Morgan fingerprint density at radius 3 is 2.39 bits per heavy atom. The summed E-state index contributed by atoms with van der Waals surface area (Å²) in [5.41, 5.74) is 3.55. The second-order valence-electron chi connectivity index (χ2n) is 5.11. The Bertz CT molecular complexity index is 844. The van der Waals surface area contributed by atoms with Crippen LogP contribution in [0.1, 0.15) is 6.92 Å². The van der Waals surface area contributed by atoms with E-state index in [1.807, 2.05) is 41.0 Å². The summed E-state index contributed by atoms with van der Waals surface area (Å²) in [6.45, 7) is 1.81. The third-order valence-electron chi connectivity index (χ3n) is 3.37. The summed E-state index contributed by atoms with van der Waals surface area (Å²) in [6, 6.07) is 11.3. The lowest BCUT2D eigenvalue weighted by atomic mass is 10.1. The van der Waals surface area contributed by atoms with E-state index >= 15 is 0 Å². The highest BCUT2D eigenvalue weighted by atomic mass is 79.9. The van der Waals surface area contributed by atoms with Crippen molar-refractivity contribution in [2.24, 2.45) is 0 Å². The minimum Gasteiger partial charge on any atom is -0.311 e. The number of rotatable bonds is 4. The molecule has 23 heavy (non-hydrogen) atoms. The number of carbonyl (C=O) groups is 1. The van der Waals surface area contributed by atoms with Crippen molar-refractivity contribution in [2.45, 2.75) is 13.5 Å². The molecular weight excluding hydrogens is 378 g/mol. The molecule has 0 N–H and O–H groups in total. The molecule has 0 radical (unpaired) electrons. The summed E-state index contributed by atoms with van der Waals surface area (Å²) in [7, 11) is 0. The maximum Gasteiger partial charge on any atom is 0.178 e. The third-order valence-corrected chi connectivity index (χ3v) is 4.23. The van der Waals surface area contributed by atoms with Crippen LogP contribution in [0.3, 0.4) is 0 Å². The number of hydrogen-bond donors (Lipinski definition) is 0. The van der Waals surface area contributed by atoms with Gasteiger partial charge in [-0.15, -0.1) is 0 Å². The predicted molar refractivity (Wildman–Crippen MR) is 94.3 cm³/mol. The zero-order valence-electron chi connectivity index (χ0n) is 12.3. The van der Waals surface area contributed by atoms with Crippen molar-refractivity contribution in [3.63, 3.8) is 0 Å². The fourth-order valence-corrected chi connectivity index (χ4v) is 3.01. The van der Waals surface area contributed by atoms with Crippen LogP contribution in [0, 0.1) is 0 Å². The van der Waals surface area contributed by atoms with Crippen molar-refractivity contribution in [3.8, 4) is 22.5 Å². The molecule has 0 spiro atoms. The number of aromatic nitrogens is 3. The van der Waals surface area contributed by atoms with Crippen molar-refractivity contribution < 1.29 is 4.79 Å². The van der Waals surface area contributed by atoms with Gasteiger partial charge in [0.15, 0.2) is 4.73 Å². The highest BCUT2D eigenvalue weighted by Gasteiger charge is 2.19. The SMILES string of the molecule is CC(=O)Cn1c(Br)nc(-c2ccc(Cl)cc2)c1-c1ccncc1. The largest absolute Gasteiger partial charge is 0.311 e. The lowest BCUT2D eigenvalue weighted by molar-refractivity contribution is -0.117. The minimum atomic E-state index is 0.0565. The van der Waals surface area contributed by atoms with E-state index in [9.17, 15) is 4.79 Å². The molecule has 116 valence electrons. The summed E-state index contributed by atoms with van der Waals surface area (Å²) in [5.74, 6) is 0.0565. The first-order chi connectivity index (χ1) is 11.1. The van der Waals surface area contributed by atoms with E-state index in [-0.39, 0.29) is 12.3 Å². The summed E-state index contributed by atoms with van der Waals surface area (Å²) in [5, 5.41) is 0.668. The molecule has 2 aromatic heterocycles. The highest BCUT2D eigenvalue weighted by molar-refractivity contribution is 9.10. The van der Waals surface area contributed by atoms with E-state index in [4.69, 9.17) is 11.6 Å². The van der Waals surface area contributed by atoms with E-state index in [0.29, 0.717) is 9.76 Å². The standard InChI is InChI=1S/C17H13BrClN3O/c1-11(23)10-22-16(13-6-8-20-9-7-13)15(21-17(22)18)12-2-4-14(19)5-3-12/h2-9H,10H2,1H3. The summed E-state index contributed by atoms with van der Waals surface area (Å²) in [6.07, 6.45) is 3.44. The lowest BCUT2D eigenvalue weighted by Gasteiger charge is -2.10. The molecule has 2 heterocycles. The second-order valence-corrected chi connectivity index (χ2v) is 6.25. The van der Waals surface area contributed by atoms with Gasteiger partial charge in [-0.05, 0) is 47.1 Å². The first kappa shape index (κ1) is 15.9. The van der Waals surface area contributed by atoms with Gasteiger partial charge in [-0.3, -0.25) is 9.78 Å². The van der Waals surface area contributed by atoms with E-state index in [0.717, 1.165) is 22.5 Å². The Morgan fingerprint density at radius 1 is 1.13 bits per heavy atom. The van der Waals surface area contributed by atoms with Crippen molar-refractivity contribution in [2.75, 3.05) is 0 Å². The maximum absolute atomic E-state index is 11.6. The van der Waals surface area contributed by atoms with Crippen molar-refractivity contribution >= 4 is 33.3 Å². The fraction of sp³-hybridized carbons (Fsp3) is 0.118. The number of nitrogens with zero attached hydrogens (tertiary/aromatic N) is 3. The molecule has 0 bridgehead atoms. The van der Waals surface area contributed by atoms with Crippen LogP contribution in [0.15, 0.2) is 53.5 Å². The number of benzene rings is 1. The van der Waals surface area contributed by atoms with Crippen LogP contribution in [0.5, 0.6) is 0 Å². The molecule has 0 unspecified atom stereocenters. The quantitative estimate of drug-likeness (QED) is 0.653. The normalized spacial score (nSPS) is 10.7. The van der Waals surface area contributed by atoms with E-state index < -0.39 is 0 Å². The van der Waals surface area contributed by atoms with Gasteiger partial charge in [0.2, 0.25) is 0 Å². The van der Waals surface area contributed by atoms with Crippen LogP contribution in [0.4, 0.5) is 0 Å². The van der Waals surface area contributed by atoms with Gasteiger partial charge < -0.3 is 4.57 Å². The van der Waals surface area contributed by atoms with E-state index in [1.54, 1.807) is 19.3 Å². The van der Waals surface area contributed by atoms with Crippen LogP contribution in [-0.4, -0.2) is 20.3 Å². The van der Waals surface area contributed by atoms with E-state index in [2.05, 4.69) is 25.9 Å². The van der Waals surface area contributed by atoms with Gasteiger partial charge in [-0.2, -0.15) is 0 Å². The summed E-state index contributed by atoms with van der Waals surface area (Å²) in [4.78, 5) is 20.3. The highest BCUT2D eigenvalue weighted by Crippen LogP contribution is 2.34.